The number of hydrogen-bond donors (Lipinski definition) is 1. The van der Waals surface area contributed by atoms with Crippen LogP contribution in [0.3, 0.4) is 0 Å². The molecule has 0 unspecified atom stereocenters. The molecular formula is C15H16N2O2. The van der Waals surface area contributed by atoms with Crippen molar-refractivity contribution in [2.75, 3.05) is 0 Å². The van der Waals surface area contributed by atoms with Crippen molar-refractivity contribution in [2.45, 2.75) is 13.8 Å². The third-order valence-electron chi connectivity index (χ3n) is 3.28. The first-order valence-corrected chi connectivity index (χ1v) is 6.00. The van der Waals surface area contributed by atoms with E-state index in [0.717, 1.165) is 11.4 Å². The highest BCUT2D eigenvalue weighted by molar-refractivity contribution is 5.91. The van der Waals surface area contributed by atoms with Gasteiger partial charge in [-0.3, -0.25) is 4.99 Å². The molecule has 0 atom stereocenters. The van der Waals surface area contributed by atoms with Crippen LogP contribution in [0.25, 0.3) is 0 Å². The maximum Gasteiger partial charge on any atom is 0.336 e. The SMILES string of the molecule is Cc1c(N=Cc2ccc(C)n2C)cccc1C(=O)O. The summed E-state index contributed by atoms with van der Waals surface area (Å²) in [5.41, 5.74) is 3.78. The Labute approximate surface area is 112 Å². The summed E-state index contributed by atoms with van der Waals surface area (Å²) in [6.07, 6.45) is 1.75. The molecule has 4 heteroatoms. The fraction of sp³-hybridized carbons (Fsp3) is 0.200. The number of carbonyl (C=O) groups is 1. The molecule has 1 heterocycles. The normalized spacial score (nSPS) is 11.1. The maximum atomic E-state index is 11.0. The predicted octanol–water partition coefficient (Wildman–Crippen LogP) is 3.09. The summed E-state index contributed by atoms with van der Waals surface area (Å²) in [4.78, 5) is 15.4. The quantitative estimate of drug-likeness (QED) is 0.858. The molecule has 19 heavy (non-hydrogen) atoms. The second-order valence-corrected chi connectivity index (χ2v) is 4.47. The zero-order valence-corrected chi connectivity index (χ0v) is 11.2. The molecule has 98 valence electrons. The van der Waals surface area contributed by atoms with Crippen LogP contribution in [0.5, 0.6) is 0 Å². The van der Waals surface area contributed by atoms with Gasteiger partial charge in [0.15, 0.2) is 0 Å². The molecule has 2 rings (SSSR count). The minimum Gasteiger partial charge on any atom is -0.478 e. The van der Waals surface area contributed by atoms with E-state index in [0.29, 0.717) is 11.3 Å². The molecule has 0 radical (unpaired) electrons. The van der Waals surface area contributed by atoms with Crippen LogP contribution in [0.1, 0.15) is 27.3 Å². The predicted molar refractivity (Wildman–Crippen MR) is 75.5 cm³/mol. The van der Waals surface area contributed by atoms with Gasteiger partial charge in [-0.05, 0) is 43.7 Å². The van der Waals surface area contributed by atoms with Crippen molar-refractivity contribution in [1.29, 1.82) is 0 Å². The van der Waals surface area contributed by atoms with Crippen molar-refractivity contribution >= 4 is 17.9 Å². The van der Waals surface area contributed by atoms with Crippen molar-refractivity contribution in [3.63, 3.8) is 0 Å². The second kappa shape index (κ2) is 5.10. The van der Waals surface area contributed by atoms with Crippen LogP contribution < -0.4 is 0 Å². The van der Waals surface area contributed by atoms with Gasteiger partial charge >= 0.3 is 5.97 Å². The Kier molecular flexibility index (Phi) is 3.51. The number of aliphatic imine (C=N–C) groups is 1. The van der Waals surface area contributed by atoms with E-state index in [2.05, 4.69) is 4.99 Å². The van der Waals surface area contributed by atoms with Crippen LogP contribution in [0, 0.1) is 13.8 Å². The molecular weight excluding hydrogens is 240 g/mol. The number of carboxylic acid groups (broad SMARTS) is 1. The topological polar surface area (TPSA) is 54.6 Å². The maximum absolute atomic E-state index is 11.0. The van der Waals surface area contributed by atoms with Gasteiger partial charge in [-0.15, -0.1) is 0 Å². The van der Waals surface area contributed by atoms with E-state index in [9.17, 15) is 4.79 Å². The molecule has 0 fully saturated rings. The third-order valence-corrected chi connectivity index (χ3v) is 3.28. The highest BCUT2D eigenvalue weighted by Gasteiger charge is 2.09. The molecule has 0 aliphatic carbocycles. The lowest BCUT2D eigenvalue weighted by Crippen LogP contribution is -1.99. The zero-order chi connectivity index (χ0) is 14.0. The number of benzene rings is 1. The van der Waals surface area contributed by atoms with Gasteiger partial charge in [0.05, 0.1) is 23.2 Å². The highest BCUT2D eigenvalue weighted by Crippen LogP contribution is 2.22. The summed E-state index contributed by atoms with van der Waals surface area (Å²) in [6.45, 7) is 3.79. The van der Waals surface area contributed by atoms with Crippen molar-refractivity contribution in [2.24, 2.45) is 12.0 Å². The number of carboxylic acids is 1. The number of hydrogen-bond acceptors (Lipinski definition) is 2. The monoisotopic (exact) mass is 256 g/mol. The number of nitrogens with zero attached hydrogens (tertiary/aromatic N) is 2. The summed E-state index contributed by atoms with van der Waals surface area (Å²) >= 11 is 0. The Morgan fingerprint density at radius 3 is 2.58 bits per heavy atom. The van der Waals surface area contributed by atoms with Crippen LogP contribution in [-0.4, -0.2) is 21.9 Å². The fourth-order valence-electron chi connectivity index (χ4n) is 1.89. The number of aromatic nitrogens is 1. The Bertz CT molecular complexity index is 654. The van der Waals surface area contributed by atoms with Gasteiger partial charge in [0, 0.05) is 12.7 Å². The van der Waals surface area contributed by atoms with Crippen molar-refractivity contribution in [3.05, 3.63) is 52.8 Å². The van der Waals surface area contributed by atoms with E-state index in [4.69, 9.17) is 5.11 Å². The van der Waals surface area contributed by atoms with E-state index in [1.54, 1.807) is 25.3 Å². The number of aryl methyl sites for hydroxylation is 1. The van der Waals surface area contributed by atoms with Crippen molar-refractivity contribution in [3.8, 4) is 0 Å². The smallest absolute Gasteiger partial charge is 0.336 e. The summed E-state index contributed by atoms with van der Waals surface area (Å²) < 4.78 is 2.03. The first kappa shape index (κ1) is 13.1. The average molecular weight is 256 g/mol. The molecule has 1 N–H and O–H groups in total. The Morgan fingerprint density at radius 2 is 2.00 bits per heavy atom. The molecule has 0 saturated heterocycles. The molecule has 0 bridgehead atoms. The van der Waals surface area contributed by atoms with Crippen LogP contribution in [0.4, 0.5) is 5.69 Å². The lowest BCUT2D eigenvalue weighted by atomic mass is 10.1. The lowest BCUT2D eigenvalue weighted by Gasteiger charge is -2.04. The Hall–Kier alpha value is -2.36. The van der Waals surface area contributed by atoms with E-state index < -0.39 is 5.97 Å². The Balaban J connectivity index is 2.36. The molecule has 0 saturated carbocycles. The van der Waals surface area contributed by atoms with E-state index in [-0.39, 0.29) is 5.56 Å². The lowest BCUT2D eigenvalue weighted by molar-refractivity contribution is 0.0696. The zero-order valence-electron chi connectivity index (χ0n) is 11.2. The van der Waals surface area contributed by atoms with Gasteiger partial charge in [-0.25, -0.2) is 4.79 Å². The number of aromatic carboxylic acids is 1. The standard InChI is InChI=1S/C15H16N2O2/c1-10-7-8-12(17(10)3)9-16-14-6-4-5-13(11(14)2)15(18)19/h4-9H,1-3H3,(H,18,19). The Morgan fingerprint density at radius 1 is 1.26 bits per heavy atom. The first-order valence-electron chi connectivity index (χ1n) is 6.00. The van der Waals surface area contributed by atoms with E-state index >= 15 is 0 Å². The summed E-state index contributed by atoms with van der Waals surface area (Å²) in [5, 5.41) is 9.07. The minimum absolute atomic E-state index is 0.290. The molecule has 0 aliphatic heterocycles. The van der Waals surface area contributed by atoms with Gasteiger partial charge in [-0.2, -0.15) is 0 Å². The molecule has 2 aromatic rings. The number of rotatable bonds is 3. The van der Waals surface area contributed by atoms with Gasteiger partial charge in [0.1, 0.15) is 0 Å². The molecule has 0 spiro atoms. The van der Waals surface area contributed by atoms with Crippen LogP contribution >= 0.6 is 0 Å². The second-order valence-electron chi connectivity index (χ2n) is 4.47. The van der Waals surface area contributed by atoms with Crippen LogP contribution in [-0.2, 0) is 7.05 Å². The molecule has 1 aromatic heterocycles. The summed E-state index contributed by atoms with van der Waals surface area (Å²) in [5.74, 6) is -0.927. The van der Waals surface area contributed by atoms with Crippen molar-refractivity contribution < 1.29 is 9.90 Å². The summed E-state index contributed by atoms with van der Waals surface area (Å²) in [6, 6.07) is 9.11. The minimum atomic E-state index is -0.927. The van der Waals surface area contributed by atoms with Gasteiger partial charge in [0.2, 0.25) is 0 Å². The fourth-order valence-corrected chi connectivity index (χ4v) is 1.89. The van der Waals surface area contributed by atoms with Crippen LogP contribution in [0.2, 0.25) is 0 Å². The third kappa shape index (κ3) is 2.57. The van der Waals surface area contributed by atoms with E-state index in [1.165, 1.54) is 0 Å². The van der Waals surface area contributed by atoms with E-state index in [1.807, 2.05) is 36.7 Å². The highest BCUT2D eigenvalue weighted by atomic mass is 16.4. The van der Waals surface area contributed by atoms with Crippen molar-refractivity contribution in [1.82, 2.24) is 4.57 Å². The largest absolute Gasteiger partial charge is 0.478 e. The molecule has 4 nitrogen and oxygen atoms in total. The first-order chi connectivity index (χ1) is 9.00. The van der Waals surface area contributed by atoms with Crippen LogP contribution in [0.15, 0.2) is 35.3 Å². The molecule has 0 amide bonds. The van der Waals surface area contributed by atoms with Gasteiger partial charge < -0.3 is 9.67 Å². The van der Waals surface area contributed by atoms with Gasteiger partial charge in [-0.1, -0.05) is 6.07 Å². The van der Waals surface area contributed by atoms with Gasteiger partial charge in [0.25, 0.3) is 0 Å². The molecule has 0 aliphatic rings. The summed E-state index contributed by atoms with van der Waals surface area (Å²) in [7, 11) is 1.97. The average Bonchev–Trinajstić information content (AvgIpc) is 2.68. The molecule has 1 aromatic carbocycles.